The van der Waals surface area contributed by atoms with Crippen LogP contribution in [0.4, 0.5) is 0 Å². The van der Waals surface area contributed by atoms with Crippen LogP contribution in [0.15, 0.2) is 12.2 Å². The summed E-state index contributed by atoms with van der Waals surface area (Å²) in [4.78, 5) is 47.6. The summed E-state index contributed by atoms with van der Waals surface area (Å²) in [5.41, 5.74) is 11.3. The molecule has 1 unspecified atom stereocenters. The third-order valence-electron chi connectivity index (χ3n) is 6.59. The minimum absolute atomic E-state index is 0.212. The molecule has 37 heavy (non-hydrogen) atoms. The number of carbonyl (C=O) groups is 3. The molecule has 8 heteroatoms. The van der Waals surface area contributed by atoms with Gasteiger partial charge in [0, 0.05) is 6.42 Å². The van der Waals surface area contributed by atoms with Crippen LogP contribution in [0.25, 0.3) is 0 Å². The zero-order valence-electron chi connectivity index (χ0n) is 23.1. The van der Waals surface area contributed by atoms with E-state index in [1.54, 1.807) is 6.29 Å². The van der Waals surface area contributed by atoms with Crippen molar-refractivity contribution in [2.75, 3.05) is 6.54 Å². The Kier molecular flexibility index (Phi) is 22.9. The third-order valence-corrected chi connectivity index (χ3v) is 6.59. The molecule has 6 N–H and O–H groups in total. The number of ketones is 1. The minimum Gasteiger partial charge on any atom is -0.480 e. The molecular weight excluding hydrogens is 470 g/mol. The molecule has 8 nitrogen and oxygen atoms in total. The second-order valence-corrected chi connectivity index (χ2v) is 9.99. The second-order valence-electron chi connectivity index (χ2n) is 9.99. The fourth-order valence-corrected chi connectivity index (χ4v) is 4.21. The Bertz CT molecular complexity index is 653. The number of rotatable bonds is 26. The SMILES string of the molecule is CCCCCCCC/C=C\CCCCCCCC(=O)N[C@@H](CC([C]=O)C(=O)[C@@H](N)CCCCN)C(=O)O. The molecule has 0 saturated carbocycles. The molecule has 0 spiro atoms. The Morgan fingerprint density at radius 3 is 1.97 bits per heavy atom. The van der Waals surface area contributed by atoms with E-state index in [0.29, 0.717) is 32.2 Å². The number of carboxylic acids is 1. The number of hydrogen-bond acceptors (Lipinski definition) is 6. The highest BCUT2D eigenvalue weighted by atomic mass is 16.4. The van der Waals surface area contributed by atoms with Crippen molar-refractivity contribution in [1.82, 2.24) is 5.32 Å². The van der Waals surface area contributed by atoms with Gasteiger partial charge in [0.15, 0.2) is 5.78 Å². The van der Waals surface area contributed by atoms with Crippen LogP contribution in [0.3, 0.4) is 0 Å². The molecule has 0 aliphatic rings. The van der Waals surface area contributed by atoms with Crippen molar-refractivity contribution in [3.8, 4) is 0 Å². The fraction of sp³-hybridized carbons (Fsp3) is 0.793. The van der Waals surface area contributed by atoms with Gasteiger partial charge in [0.1, 0.15) is 6.04 Å². The Morgan fingerprint density at radius 2 is 1.43 bits per heavy atom. The molecule has 0 saturated heterocycles. The molecule has 1 amide bonds. The van der Waals surface area contributed by atoms with Crippen LogP contribution in [0, 0.1) is 5.92 Å². The van der Waals surface area contributed by atoms with Crippen LogP contribution in [0.1, 0.15) is 122 Å². The molecule has 0 heterocycles. The number of aliphatic carboxylic acids is 1. The number of Topliss-reactive ketones (excluding diaryl/α,β-unsaturated/α-hetero) is 1. The molecule has 0 aliphatic carbocycles. The van der Waals surface area contributed by atoms with E-state index in [2.05, 4.69) is 24.4 Å². The number of unbranched alkanes of at least 4 members (excludes halogenated alkanes) is 12. The Morgan fingerprint density at radius 1 is 0.865 bits per heavy atom. The van der Waals surface area contributed by atoms with Crippen LogP contribution in [0.5, 0.6) is 0 Å². The van der Waals surface area contributed by atoms with Crippen molar-refractivity contribution in [1.29, 1.82) is 0 Å². The molecular formula is C29H52N3O5. The number of nitrogens with two attached hydrogens (primary N) is 2. The van der Waals surface area contributed by atoms with E-state index in [1.807, 2.05) is 0 Å². The average molecular weight is 523 g/mol. The van der Waals surface area contributed by atoms with E-state index in [0.717, 1.165) is 32.1 Å². The minimum atomic E-state index is -1.33. The lowest BCUT2D eigenvalue weighted by Gasteiger charge is -2.19. The van der Waals surface area contributed by atoms with Gasteiger partial charge in [-0.1, -0.05) is 76.9 Å². The normalized spacial score (nSPS) is 13.8. The molecule has 0 aromatic heterocycles. The first-order valence-electron chi connectivity index (χ1n) is 14.4. The smallest absolute Gasteiger partial charge is 0.326 e. The topological polar surface area (TPSA) is 153 Å². The lowest BCUT2D eigenvalue weighted by Crippen LogP contribution is -2.45. The lowest BCUT2D eigenvalue weighted by molar-refractivity contribution is -0.142. The van der Waals surface area contributed by atoms with Crippen LogP contribution in [0.2, 0.25) is 0 Å². The van der Waals surface area contributed by atoms with E-state index in [9.17, 15) is 24.3 Å². The van der Waals surface area contributed by atoms with Crippen molar-refractivity contribution >= 4 is 23.9 Å². The van der Waals surface area contributed by atoms with Crippen molar-refractivity contribution < 1.29 is 24.3 Å². The van der Waals surface area contributed by atoms with Crippen molar-refractivity contribution in [3.05, 3.63) is 12.2 Å². The largest absolute Gasteiger partial charge is 0.480 e. The Labute approximate surface area is 224 Å². The standard InChI is InChI=1S/C29H52N3O5/c1-2-3-4-5-6-7-8-9-10-11-12-13-14-15-16-20-27(34)32-26(29(36)37)22-24(23-33)28(35)25(31)19-17-18-21-30/h9-10,24-26H,2-8,11-22,30-31H2,1H3,(H,32,34)(H,36,37)/b10-9-/t24?,25-,26-/m0/s1. The molecule has 1 radical (unpaired) electrons. The third kappa shape index (κ3) is 19.7. The van der Waals surface area contributed by atoms with Gasteiger partial charge in [-0.3, -0.25) is 14.4 Å². The van der Waals surface area contributed by atoms with Gasteiger partial charge in [-0.15, -0.1) is 0 Å². The Balaban J connectivity index is 4.07. The van der Waals surface area contributed by atoms with Crippen molar-refractivity contribution in [2.45, 2.75) is 135 Å². The second kappa shape index (κ2) is 24.3. The maximum atomic E-state index is 12.4. The zero-order valence-corrected chi connectivity index (χ0v) is 23.1. The number of allylic oxidation sites excluding steroid dienone is 2. The number of hydrogen-bond donors (Lipinski definition) is 4. The summed E-state index contributed by atoms with van der Waals surface area (Å²) in [6.07, 6.45) is 22.8. The summed E-state index contributed by atoms with van der Waals surface area (Å²) >= 11 is 0. The van der Waals surface area contributed by atoms with E-state index < -0.39 is 35.7 Å². The maximum Gasteiger partial charge on any atom is 0.326 e. The first-order valence-corrected chi connectivity index (χ1v) is 14.4. The molecule has 3 atom stereocenters. The van der Waals surface area contributed by atoms with Gasteiger partial charge >= 0.3 is 5.97 Å². The van der Waals surface area contributed by atoms with Gasteiger partial charge in [0.2, 0.25) is 12.2 Å². The summed E-state index contributed by atoms with van der Waals surface area (Å²) in [5.74, 6) is -3.52. The quantitative estimate of drug-likeness (QED) is 0.0727. The van der Waals surface area contributed by atoms with Gasteiger partial charge in [0.25, 0.3) is 0 Å². The van der Waals surface area contributed by atoms with Crippen molar-refractivity contribution in [2.24, 2.45) is 17.4 Å². The lowest BCUT2D eigenvalue weighted by atomic mass is 9.90. The first kappa shape index (κ1) is 34.9. The molecule has 0 rings (SSSR count). The molecule has 0 fully saturated rings. The average Bonchev–Trinajstić information content (AvgIpc) is 2.88. The fourth-order valence-electron chi connectivity index (χ4n) is 4.21. The van der Waals surface area contributed by atoms with E-state index in [-0.39, 0.29) is 12.8 Å². The molecule has 0 bridgehead atoms. The summed E-state index contributed by atoms with van der Waals surface area (Å²) < 4.78 is 0. The summed E-state index contributed by atoms with van der Waals surface area (Å²) in [6.45, 7) is 2.72. The van der Waals surface area contributed by atoms with Crippen LogP contribution >= 0.6 is 0 Å². The van der Waals surface area contributed by atoms with E-state index in [1.165, 1.54) is 44.9 Å². The summed E-state index contributed by atoms with van der Waals surface area (Å²) in [7, 11) is 0. The molecule has 0 aromatic rings. The monoisotopic (exact) mass is 522 g/mol. The van der Waals surface area contributed by atoms with Crippen molar-refractivity contribution in [3.63, 3.8) is 0 Å². The molecule has 0 aliphatic heterocycles. The van der Waals surface area contributed by atoms with Crippen LogP contribution in [-0.4, -0.2) is 47.7 Å². The predicted molar refractivity (Wildman–Crippen MR) is 149 cm³/mol. The van der Waals surface area contributed by atoms with Gasteiger partial charge < -0.3 is 21.9 Å². The van der Waals surface area contributed by atoms with Crippen LogP contribution in [-0.2, 0) is 19.2 Å². The number of carboxylic acid groups (broad SMARTS) is 1. The summed E-state index contributed by atoms with van der Waals surface area (Å²) in [6, 6.07) is -2.21. The zero-order chi connectivity index (χ0) is 27.7. The number of carbonyl (C=O) groups excluding carboxylic acids is 3. The number of amides is 1. The van der Waals surface area contributed by atoms with Gasteiger partial charge in [-0.25, -0.2) is 4.79 Å². The Hall–Kier alpha value is -2.06. The summed E-state index contributed by atoms with van der Waals surface area (Å²) in [5, 5.41) is 11.9. The van der Waals surface area contributed by atoms with E-state index in [4.69, 9.17) is 11.5 Å². The van der Waals surface area contributed by atoms with Gasteiger partial charge in [-0.05, 0) is 57.9 Å². The highest BCUT2D eigenvalue weighted by molar-refractivity contribution is 5.97. The highest BCUT2D eigenvalue weighted by Crippen LogP contribution is 2.13. The predicted octanol–water partition coefficient (Wildman–Crippen LogP) is 4.73. The van der Waals surface area contributed by atoms with Gasteiger partial charge in [0.05, 0.1) is 12.0 Å². The van der Waals surface area contributed by atoms with Gasteiger partial charge in [-0.2, -0.15) is 0 Å². The van der Waals surface area contributed by atoms with Crippen LogP contribution < -0.4 is 16.8 Å². The number of nitrogens with one attached hydrogen (secondary N) is 1. The molecule has 0 aromatic carbocycles. The molecule has 213 valence electrons. The van der Waals surface area contributed by atoms with E-state index >= 15 is 0 Å². The highest BCUT2D eigenvalue weighted by Gasteiger charge is 2.31. The first-order chi connectivity index (χ1) is 17.9. The maximum absolute atomic E-state index is 12.4.